The zero-order valence-corrected chi connectivity index (χ0v) is 17.3. The molecule has 28 heavy (non-hydrogen) atoms. The first kappa shape index (κ1) is 20.4. The molecule has 1 aliphatic heterocycles. The predicted molar refractivity (Wildman–Crippen MR) is 104 cm³/mol. The van der Waals surface area contributed by atoms with Crippen LogP contribution in [-0.2, 0) is 31.4 Å². The molecule has 10 heteroatoms. The van der Waals surface area contributed by atoms with E-state index < -0.39 is 31.4 Å². The minimum Gasteiger partial charge on any atom is -0.273 e. The van der Waals surface area contributed by atoms with E-state index in [1.807, 2.05) is 0 Å². The molecule has 3 rings (SSSR count). The van der Waals surface area contributed by atoms with Gasteiger partial charge in [-0.1, -0.05) is 0 Å². The van der Waals surface area contributed by atoms with E-state index in [9.17, 15) is 21.6 Å². The van der Waals surface area contributed by atoms with Gasteiger partial charge in [-0.15, -0.1) is 0 Å². The van der Waals surface area contributed by atoms with Crippen molar-refractivity contribution in [2.75, 3.05) is 10.1 Å². The summed E-state index contributed by atoms with van der Waals surface area (Å²) in [5.74, 6) is -0.816. The lowest BCUT2D eigenvalue weighted by Crippen LogP contribution is -2.33. The lowest BCUT2D eigenvalue weighted by atomic mass is 9.95. The van der Waals surface area contributed by atoms with Crippen LogP contribution >= 0.6 is 0 Å². The molecule has 0 aliphatic carbocycles. The van der Waals surface area contributed by atoms with E-state index in [1.54, 1.807) is 45.3 Å². The minimum atomic E-state index is -3.82. The van der Waals surface area contributed by atoms with Crippen molar-refractivity contribution in [3.8, 4) is 0 Å². The summed E-state index contributed by atoms with van der Waals surface area (Å²) in [5.41, 5.74) is 0.210. The van der Waals surface area contributed by atoms with E-state index in [2.05, 4.69) is 9.71 Å². The number of nitrogens with zero attached hydrogens (tertiary/aromatic N) is 2. The molecule has 0 radical (unpaired) electrons. The Morgan fingerprint density at radius 2 is 1.82 bits per heavy atom. The quantitative estimate of drug-likeness (QED) is 0.781. The van der Waals surface area contributed by atoms with Crippen molar-refractivity contribution in [2.24, 2.45) is 5.41 Å². The molecule has 0 unspecified atom stereocenters. The monoisotopic (exact) mass is 423 g/mol. The average Bonchev–Trinajstić information content (AvgIpc) is 2.76. The lowest BCUT2D eigenvalue weighted by Gasteiger charge is -2.19. The largest absolute Gasteiger partial charge is 0.273 e. The van der Waals surface area contributed by atoms with E-state index in [1.165, 1.54) is 18.2 Å². The highest BCUT2D eigenvalue weighted by molar-refractivity contribution is 7.94. The third kappa shape index (κ3) is 3.80. The Labute approximate surface area is 164 Å². The van der Waals surface area contributed by atoms with Gasteiger partial charge in [0.05, 0.1) is 21.8 Å². The van der Waals surface area contributed by atoms with Crippen LogP contribution in [0.4, 0.5) is 5.69 Å². The number of carbonyl (C=O) groups is 1. The highest BCUT2D eigenvalue weighted by Gasteiger charge is 2.50. The van der Waals surface area contributed by atoms with Gasteiger partial charge in [-0.25, -0.2) is 25.9 Å². The first-order chi connectivity index (χ1) is 12.9. The second-order valence-corrected chi connectivity index (χ2v) is 10.9. The van der Waals surface area contributed by atoms with Crippen LogP contribution in [0.15, 0.2) is 47.6 Å². The minimum absolute atomic E-state index is 0.0219. The zero-order chi connectivity index (χ0) is 20.7. The number of amides is 1. The third-order valence-corrected chi connectivity index (χ3v) is 8.06. The predicted octanol–water partition coefficient (Wildman–Crippen LogP) is 1.57. The summed E-state index contributed by atoms with van der Waals surface area (Å²) in [6.07, 6.45) is 3.14. The van der Waals surface area contributed by atoms with Crippen LogP contribution in [-0.4, -0.2) is 33.5 Å². The van der Waals surface area contributed by atoms with Crippen LogP contribution in [0.5, 0.6) is 0 Å². The summed E-state index contributed by atoms with van der Waals surface area (Å²) in [7, 11) is -7.61. The van der Waals surface area contributed by atoms with Crippen LogP contribution in [0.1, 0.15) is 25.0 Å². The van der Waals surface area contributed by atoms with Gasteiger partial charge >= 0.3 is 0 Å². The first-order valence-corrected chi connectivity index (χ1v) is 11.6. The van der Waals surface area contributed by atoms with Gasteiger partial charge in [0.25, 0.3) is 0 Å². The molecule has 1 aromatic carbocycles. The molecular weight excluding hydrogens is 402 g/mol. The number of carbonyl (C=O) groups excluding carboxylic acids is 1. The van der Waals surface area contributed by atoms with Gasteiger partial charge in [-0.05, 0) is 62.2 Å². The molecule has 1 N–H and O–H groups in total. The number of benzene rings is 1. The van der Waals surface area contributed by atoms with Crippen LogP contribution in [0, 0.1) is 12.3 Å². The Kier molecular flexibility index (Phi) is 5.07. The second kappa shape index (κ2) is 6.94. The number of sulfonamides is 2. The zero-order valence-electron chi connectivity index (χ0n) is 15.7. The van der Waals surface area contributed by atoms with Crippen molar-refractivity contribution in [1.82, 2.24) is 9.71 Å². The highest BCUT2D eigenvalue weighted by atomic mass is 32.2. The number of pyridine rings is 1. The molecule has 2 aromatic rings. The fourth-order valence-electron chi connectivity index (χ4n) is 3.08. The highest BCUT2D eigenvalue weighted by Crippen LogP contribution is 2.36. The van der Waals surface area contributed by atoms with E-state index in [4.69, 9.17) is 0 Å². The number of hydrogen-bond donors (Lipinski definition) is 1. The van der Waals surface area contributed by atoms with Crippen molar-refractivity contribution in [2.45, 2.75) is 32.2 Å². The van der Waals surface area contributed by atoms with E-state index in [0.29, 0.717) is 5.56 Å². The van der Waals surface area contributed by atoms with E-state index >= 15 is 0 Å². The second-order valence-electron chi connectivity index (χ2n) is 7.34. The summed E-state index contributed by atoms with van der Waals surface area (Å²) < 4.78 is 53.3. The summed E-state index contributed by atoms with van der Waals surface area (Å²) in [6, 6.07) is 7.45. The summed E-state index contributed by atoms with van der Waals surface area (Å²) in [4.78, 5) is 16.4. The molecule has 0 spiro atoms. The molecule has 0 bridgehead atoms. The van der Waals surface area contributed by atoms with E-state index in [-0.39, 0.29) is 22.9 Å². The normalized spacial score (nSPS) is 18.4. The number of aromatic nitrogens is 1. The number of anilines is 1. The summed E-state index contributed by atoms with van der Waals surface area (Å²) in [5, 5.41) is 0. The summed E-state index contributed by atoms with van der Waals surface area (Å²) in [6.45, 7) is 4.80. The maximum absolute atomic E-state index is 12.6. The van der Waals surface area contributed by atoms with Gasteiger partial charge in [0, 0.05) is 18.9 Å². The standard InChI is InChI=1S/C18H21N3O5S2/c1-13-10-15(21-17(22)18(2,3)12-27(21,23)24)4-5-16(13)28(25,26)20-11-14-6-8-19-9-7-14/h4-10,20H,11-12H2,1-3H3. The lowest BCUT2D eigenvalue weighted by molar-refractivity contribution is -0.123. The number of hydrogen-bond acceptors (Lipinski definition) is 6. The Hall–Kier alpha value is -2.30. The van der Waals surface area contributed by atoms with Crippen molar-refractivity contribution >= 4 is 31.6 Å². The topological polar surface area (TPSA) is 114 Å². The number of aryl methyl sites for hydroxylation is 1. The van der Waals surface area contributed by atoms with Gasteiger partial charge < -0.3 is 0 Å². The fourth-order valence-corrected chi connectivity index (χ4v) is 6.42. The fraction of sp³-hybridized carbons (Fsp3) is 0.333. The van der Waals surface area contributed by atoms with Crippen LogP contribution < -0.4 is 9.03 Å². The maximum Gasteiger partial charge on any atom is 0.247 e. The Balaban J connectivity index is 1.89. The Morgan fingerprint density at radius 3 is 2.36 bits per heavy atom. The first-order valence-electron chi connectivity index (χ1n) is 8.51. The molecule has 0 atom stereocenters. The van der Waals surface area contributed by atoms with Gasteiger partial charge in [0.1, 0.15) is 0 Å². The van der Waals surface area contributed by atoms with Gasteiger partial charge in [-0.2, -0.15) is 0 Å². The molecule has 1 aliphatic rings. The van der Waals surface area contributed by atoms with Crippen molar-refractivity contribution in [3.05, 3.63) is 53.9 Å². The molecule has 1 amide bonds. The summed E-state index contributed by atoms with van der Waals surface area (Å²) >= 11 is 0. The molecule has 8 nitrogen and oxygen atoms in total. The van der Waals surface area contributed by atoms with Gasteiger partial charge in [0.2, 0.25) is 26.0 Å². The molecule has 0 saturated carbocycles. The van der Waals surface area contributed by atoms with Crippen LogP contribution in [0.3, 0.4) is 0 Å². The van der Waals surface area contributed by atoms with Gasteiger partial charge in [-0.3, -0.25) is 9.78 Å². The van der Waals surface area contributed by atoms with E-state index in [0.717, 1.165) is 9.87 Å². The van der Waals surface area contributed by atoms with Crippen molar-refractivity contribution in [3.63, 3.8) is 0 Å². The molecule has 1 aromatic heterocycles. The molecule has 150 valence electrons. The third-order valence-electron chi connectivity index (χ3n) is 4.48. The Bertz CT molecular complexity index is 1130. The average molecular weight is 424 g/mol. The molecule has 1 saturated heterocycles. The Morgan fingerprint density at radius 1 is 1.18 bits per heavy atom. The van der Waals surface area contributed by atoms with Crippen molar-refractivity contribution in [1.29, 1.82) is 0 Å². The SMILES string of the molecule is Cc1cc(N2C(=O)C(C)(C)CS2(=O)=O)ccc1S(=O)(=O)NCc1ccncc1. The molecule has 2 heterocycles. The molecule has 1 fully saturated rings. The van der Waals surface area contributed by atoms with Crippen molar-refractivity contribution < 1.29 is 21.6 Å². The smallest absolute Gasteiger partial charge is 0.247 e. The maximum atomic E-state index is 12.6. The number of rotatable bonds is 5. The number of nitrogens with one attached hydrogen (secondary N) is 1. The van der Waals surface area contributed by atoms with Gasteiger partial charge in [0.15, 0.2) is 0 Å². The van der Waals surface area contributed by atoms with Crippen LogP contribution in [0.25, 0.3) is 0 Å². The van der Waals surface area contributed by atoms with Crippen LogP contribution in [0.2, 0.25) is 0 Å². The molecular formula is C18H21N3O5S2.